The van der Waals surface area contributed by atoms with Crippen LogP contribution in [0.2, 0.25) is 0 Å². The van der Waals surface area contributed by atoms with Gasteiger partial charge in [0.2, 0.25) is 0 Å². The Kier molecular flexibility index (Phi) is 9.70. The second kappa shape index (κ2) is 13.3. The maximum atomic E-state index is 13.0. The Hall–Kier alpha value is -4.31. The molecule has 5 aromatic rings. The van der Waals surface area contributed by atoms with Gasteiger partial charge >= 0.3 is 12.1 Å². The normalized spacial score (nSPS) is 12.5. The van der Waals surface area contributed by atoms with E-state index in [1.54, 1.807) is 25.6 Å². The van der Waals surface area contributed by atoms with Crippen molar-refractivity contribution in [2.75, 3.05) is 0 Å². The number of hydrogen-bond donors (Lipinski definition) is 1. The van der Waals surface area contributed by atoms with Crippen molar-refractivity contribution in [2.24, 2.45) is 5.41 Å². The molecule has 252 valence electrons. The number of aliphatic carboxylic acids is 1. The fraction of sp³-hybridized carbons (Fsp3) is 0.342. The summed E-state index contributed by atoms with van der Waals surface area (Å²) in [5.41, 5.74) is 5.13. The first kappa shape index (κ1) is 35.0. The Labute approximate surface area is 283 Å². The predicted molar refractivity (Wildman–Crippen MR) is 184 cm³/mol. The monoisotopic (exact) mass is 675 g/mol. The second-order valence-corrected chi connectivity index (χ2v) is 15.7. The summed E-state index contributed by atoms with van der Waals surface area (Å²) in [4.78, 5) is 21.9. The number of alkyl halides is 3. The van der Waals surface area contributed by atoms with Gasteiger partial charge < -0.3 is 14.4 Å². The standard InChI is InChI=1S/C38H40F3N3O3S/c1-23-16-24(2)31(42-19-23)22-47-28-13-15-32-29(17-28)34(48-36(3,4)5)33(18-37(6,7)35(45)46)44(32)21-25-8-10-26(11-9-25)30-14-12-27(20-43-30)38(39,40)41/h8-17,19-20H,18,21-22H2,1-7H3,(H,45,46). The van der Waals surface area contributed by atoms with Crippen LogP contribution in [0.4, 0.5) is 13.2 Å². The van der Waals surface area contributed by atoms with Gasteiger partial charge in [0.05, 0.1) is 22.4 Å². The molecule has 0 fully saturated rings. The van der Waals surface area contributed by atoms with Crippen LogP contribution in [-0.2, 0) is 30.5 Å². The molecule has 2 aromatic carbocycles. The summed E-state index contributed by atoms with van der Waals surface area (Å²) in [5, 5.41) is 11.1. The van der Waals surface area contributed by atoms with E-state index in [9.17, 15) is 23.1 Å². The molecule has 3 heterocycles. The molecule has 0 aliphatic rings. The number of aromatic nitrogens is 3. The molecule has 10 heteroatoms. The van der Waals surface area contributed by atoms with Crippen molar-refractivity contribution < 1.29 is 27.8 Å². The SMILES string of the molecule is Cc1cnc(COc2ccc3c(c2)c(SC(C)(C)C)c(CC(C)(C)C(=O)O)n3Cc2ccc(-c3ccc(C(F)(F)F)cn3)cc2)c(C)c1. The summed E-state index contributed by atoms with van der Waals surface area (Å²) in [6, 6.07) is 18.0. The Morgan fingerprint density at radius 1 is 0.917 bits per heavy atom. The number of pyridine rings is 2. The zero-order valence-electron chi connectivity index (χ0n) is 28.2. The molecule has 0 atom stereocenters. The molecule has 0 saturated heterocycles. The molecule has 5 rings (SSSR count). The molecule has 0 radical (unpaired) electrons. The number of thioether (sulfide) groups is 1. The topological polar surface area (TPSA) is 77.2 Å². The third-order valence-electron chi connectivity index (χ3n) is 8.07. The van der Waals surface area contributed by atoms with E-state index < -0.39 is 23.1 Å². The molecular formula is C38H40F3N3O3S. The van der Waals surface area contributed by atoms with Crippen LogP contribution in [-0.4, -0.2) is 30.4 Å². The minimum Gasteiger partial charge on any atom is -0.487 e. The van der Waals surface area contributed by atoms with Gasteiger partial charge in [-0.1, -0.05) is 51.1 Å². The average Bonchev–Trinajstić information content (AvgIpc) is 3.26. The predicted octanol–water partition coefficient (Wildman–Crippen LogP) is 9.91. The van der Waals surface area contributed by atoms with Crippen LogP contribution in [0.1, 0.15) is 68.3 Å². The molecule has 3 aromatic heterocycles. The van der Waals surface area contributed by atoms with E-state index in [1.165, 1.54) is 6.07 Å². The Bertz CT molecular complexity index is 1940. The average molecular weight is 676 g/mol. The van der Waals surface area contributed by atoms with E-state index in [2.05, 4.69) is 41.4 Å². The summed E-state index contributed by atoms with van der Waals surface area (Å²) >= 11 is 1.70. The van der Waals surface area contributed by atoms with E-state index >= 15 is 0 Å². The number of aryl methyl sites for hydroxylation is 2. The molecule has 6 nitrogen and oxygen atoms in total. The van der Waals surface area contributed by atoms with Crippen LogP contribution in [0.5, 0.6) is 5.75 Å². The molecule has 0 spiro atoms. The number of fused-ring (bicyclic) bond motifs is 1. The third kappa shape index (κ3) is 8.03. The summed E-state index contributed by atoms with van der Waals surface area (Å²) < 4.78 is 47.4. The lowest BCUT2D eigenvalue weighted by atomic mass is 9.88. The summed E-state index contributed by atoms with van der Waals surface area (Å²) in [5.74, 6) is -0.195. The van der Waals surface area contributed by atoms with E-state index in [0.29, 0.717) is 36.6 Å². The van der Waals surface area contributed by atoms with Crippen molar-refractivity contribution in [3.8, 4) is 17.0 Å². The van der Waals surface area contributed by atoms with Gasteiger partial charge in [-0.15, -0.1) is 11.8 Å². The molecule has 0 unspecified atom stereocenters. The van der Waals surface area contributed by atoms with Crippen molar-refractivity contribution >= 4 is 28.6 Å². The van der Waals surface area contributed by atoms with Crippen LogP contribution in [0.25, 0.3) is 22.2 Å². The first-order chi connectivity index (χ1) is 22.4. The number of benzene rings is 2. The number of rotatable bonds is 10. The number of halogens is 3. The third-order valence-corrected chi connectivity index (χ3v) is 9.34. The lowest BCUT2D eigenvalue weighted by Crippen LogP contribution is -2.28. The molecular weight excluding hydrogens is 635 g/mol. The van der Waals surface area contributed by atoms with E-state index in [-0.39, 0.29) is 4.75 Å². The van der Waals surface area contributed by atoms with Gasteiger partial charge in [-0.25, -0.2) is 0 Å². The quantitative estimate of drug-likeness (QED) is 0.149. The van der Waals surface area contributed by atoms with Gasteiger partial charge in [-0.2, -0.15) is 13.2 Å². The van der Waals surface area contributed by atoms with Gasteiger partial charge in [0.15, 0.2) is 0 Å². The van der Waals surface area contributed by atoms with Crippen molar-refractivity contribution in [3.63, 3.8) is 0 Å². The number of carbonyl (C=O) groups is 1. The number of nitrogens with zero attached hydrogens (tertiary/aromatic N) is 3. The second-order valence-electron chi connectivity index (χ2n) is 13.8. The minimum absolute atomic E-state index is 0.169. The fourth-order valence-corrected chi connectivity index (χ4v) is 6.64. The highest BCUT2D eigenvalue weighted by Crippen LogP contribution is 2.44. The van der Waals surface area contributed by atoms with Crippen molar-refractivity contribution in [1.29, 1.82) is 0 Å². The van der Waals surface area contributed by atoms with Crippen LogP contribution >= 0.6 is 11.8 Å². The van der Waals surface area contributed by atoms with E-state index in [4.69, 9.17) is 4.74 Å². The zero-order valence-corrected chi connectivity index (χ0v) is 29.0. The van der Waals surface area contributed by atoms with Crippen LogP contribution < -0.4 is 4.74 Å². The number of hydrogen-bond acceptors (Lipinski definition) is 5. The number of carboxylic acids is 1. The van der Waals surface area contributed by atoms with Crippen molar-refractivity contribution in [2.45, 2.75) is 83.9 Å². The molecule has 0 aliphatic heterocycles. The van der Waals surface area contributed by atoms with Crippen LogP contribution in [0.15, 0.2) is 78.0 Å². The highest BCUT2D eigenvalue weighted by molar-refractivity contribution is 8.00. The summed E-state index contributed by atoms with van der Waals surface area (Å²) in [6.45, 7) is 14.7. The first-order valence-electron chi connectivity index (χ1n) is 15.7. The lowest BCUT2D eigenvalue weighted by Gasteiger charge is -2.24. The van der Waals surface area contributed by atoms with Crippen molar-refractivity contribution in [1.82, 2.24) is 14.5 Å². The van der Waals surface area contributed by atoms with E-state index in [0.717, 1.165) is 56.1 Å². The van der Waals surface area contributed by atoms with Gasteiger partial charge in [0.1, 0.15) is 12.4 Å². The van der Waals surface area contributed by atoms with Crippen LogP contribution in [0.3, 0.4) is 0 Å². The Morgan fingerprint density at radius 2 is 1.62 bits per heavy atom. The molecule has 0 amide bonds. The smallest absolute Gasteiger partial charge is 0.417 e. The highest BCUT2D eigenvalue weighted by atomic mass is 32.2. The summed E-state index contributed by atoms with van der Waals surface area (Å²) in [6.07, 6.45) is -1.48. The van der Waals surface area contributed by atoms with E-state index in [1.807, 2.05) is 62.5 Å². The van der Waals surface area contributed by atoms with Crippen molar-refractivity contribution in [3.05, 3.63) is 107 Å². The van der Waals surface area contributed by atoms with Gasteiger partial charge in [0, 0.05) is 57.2 Å². The zero-order chi connectivity index (χ0) is 35.0. The molecule has 1 N–H and O–H groups in total. The maximum Gasteiger partial charge on any atom is 0.417 e. The maximum absolute atomic E-state index is 13.0. The highest BCUT2D eigenvalue weighted by Gasteiger charge is 2.33. The van der Waals surface area contributed by atoms with Crippen LogP contribution in [0, 0.1) is 19.3 Å². The lowest BCUT2D eigenvalue weighted by molar-refractivity contribution is -0.147. The van der Waals surface area contributed by atoms with Gasteiger partial charge in [-0.3, -0.25) is 14.8 Å². The minimum atomic E-state index is -4.45. The molecule has 0 saturated carbocycles. The first-order valence-corrected chi connectivity index (χ1v) is 16.5. The Morgan fingerprint density at radius 3 is 2.21 bits per heavy atom. The molecule has 0 aliphatic carbocycles. The number of ether oxygens (including phenoxy) is 1. The molecule has 48 heavy (non-hydrogen) atoms. The largest absolute Gasteiger partial charge is 0.487 e. The Balaban J connectivity index is 1.55. The fourth-order valence-electron chi connectivity index (χ4n) is 5.46. The number of carboxylic acid groups (broad SMARTS) is 1. The summed E-state index contributed by atoms with van der Waals surface area (Å²) in [7, 11) is 0. The van der Waals surface area contributed by atoms with Gasteiger partial charge in [0.25, 0.3) is 0 Å². The van der Waals surface area contributed by atoms with Gasteiger partial charge in [-0.05, 0) is 74.7 Å². The molecule has 0 bridgehead atoms.